The van der Waals surface area contributed by atoms with Crippen LogP contribution in [0.4, 0.5) is 0 Å². The van der Waals surface area contributed by atoms with Crippen molar-refractivity contribution in [3.8, 4) is 5.75 Å². The summed E-state index contributed by atoms with van der Waals surface area (Å²) in [4.78, 5) is 32.5. The van der Waals surface area contributed by atoms with Crippen molar-refractivity contribution < 1.29 is 24.2 Å². The number of carbonyl (C=O) groups is 3. The van der Waals surface area contributed by atoms with Crippen LogP contribution in [-0.4, -0.2) is 35.5 Å². The van der Waals surface area contributed by atoms with Crippen LogP contribution in [0.3, 0.4) is 0 Å². The number of hydrogen-bond acceptors (Lipinski definition) is 4. The van der Waals surface area contributed by atoms with Crippen LogP contribution >= 0.6 is 0 Å². The summed E-state index contributed by atoms with van der Waals surface area (Å²) >= 11 is 0. The van der Waals surface area contributed by atoms with Gasteiger partial charge in [0.05, 0.1) is 0 Å². The van der Waals surface area contributed by atoms with E-state index in [2.05, 4.69) is 5.32 Å². The number of nitrogens with one attached hydrogen (secondary N) is 1. The van der Waals surface area contributed by atoms with Gasteiger partial charge in [-0.1, -0.05) is 0 Å². The van der Waals surface area contributed by atoms with E-state index in [0.717, 1.165) is 0 Å². The molecule has 2 amide bonds. The Kier molecular flexibility index (Phi) is 4.87. The summed E-state index contributed by atoms with van der Waals surface area (Å²) in [6, 6.07) is 4.78. The highest BCUT2D eigenvalue weighted by molar-refractivity contribution is 5.92. The lowest BCUT2D eigenvalue weighted by Crippen LogP contribution is -2.43. The van der Waals surface area contributed by atoms with E-state index in [1.54, 1.807) is 0 Å². The molecule has 1 rings (SSSR count). The molecule has 0 aliphatic rings. The molecule has 0 spiro atoms. The molecule has 0 aromatic heterocycles. The van der Waals surface area contributed by atoms with Crippen LogP contribution in [0, 0.1) is 0 Å². The number of benzene rings is 1. The summed E-state index contributed by atoms with van der Waals surface area (Å²) in [6.07, 6.45) is 0. The van der Waals surface area contributed by atoms with Crippen molar-refractivity contribution in [1.82, 2.24) is 5.32 Å². The quantitative estimate of drug-likeness (QED) is 0.656. The molecular formula is C12H14N2O5. The monoisotopic (exact) mass is 266 g/mol. The highest BCUT2D eigenvalue weighted by atomic mass is 16.5. The topological polar surface area (TPSA) is 119 Å². The molecule has 1 atom stereocenters. The van der Waals surface area contributed by atoms with E-state index >= 15 is 0 Å². The van der Waals surface area contributed by atoms with E-state index in [-0.39, 0.29) is 6.61 Å². The first kappa shape index (κ1) is 14.5. The summed E-state index contributed by atoms with van der Waals surface area (Å²) in [6.45, 7) is 1.00. The van der Waals surface area contributed by atoms with Crippen molar-refractivity contribution in [2.24, 2.45) is 5.73 Å². The van der Waals surface area contributed by atoms with Gasteiger partial charge in [0.25, 0.3) is 0 Å². The molecule has 0 saturated carbocycles. The number of nitrogens with two attached hydrogens (primary N) is 1. The summed E-state index contributed by atoms with van der Waals surface area (Å²) in [5.74, 6) is -1.83. The molecule has 0 saturated heterocycles. The molecule has 0 heterocycles. The van der Waals surface area contributed by atoms with E-state index in [4.69, 9.17) is 15.6 Å². The number of rotatable bonds is 6. The molecule has 4 N–H and O–H groups in total. The van der Waals surface area contributed by atoms with E-state index in [0.29, 0.717) is 11.3 Å². The van der Waals surface area contributed by atoms with Gasteiger partial charge in [-0.15, -0.1) is 0 Å². The highest BCUT2D eigenvalue weighted by Gasteiger charge is 2.19. The minimum Gasteiger partial charge on any atom is -0.491 e. The smallest absolute Gasteiger partial charge is 0.329 e. The van der Waals surface area contributed by atoms with Gasteiger partial charge in [0.2, 0.25) is 11.8 Å². The van der Waals surface area contributed by atoms with Gasteiger partial charge >= 0.3 is 5.97 Å². The lowest BCUT2D eigenvalue weighted by Gasteiger charge is -2.14. The minimum absolute atomic E-state index is 0.217. The second kappa shape index (κ2) is 6.39. The van der Waals surface area contributed by atoms with Gasteiger partial charge in [-0.05, 0) is 24.3 Å². The van der Waals surface area contributed by atoms with Crippen LogP contribution in [0.2, 0.25) is 0 Å². The first-order valence-corrected chi connectivity index (χ1v) is 5.42. The zero-order valence-electron chi connectivity index (χ0n) is 10.3. The molecule has 0 aliphatic carbocycles. The Bertz CT molecular complexity index is 483. The second-order valence-corrected chi connectivity index (χ2v) is 3.79. The molecular weight excluding hydrogens is 252 g/mol. The van der Waals surface area contributed by atoms with E-state index in [9.17, 15) is 14.4 Å². The van der Waals surface area contributed by atoms with Crippen molar-refractivity contribution in [2.45, 2.75) is 13.0 Å². The van der Waals surface area contributed by atoms with Crippen LogP contribution in [-0.2, 0) is 9.59 Å². The van der Waals surface area contributed by atoms with Crippen molar-refractivity contribution in [1.29, 1.82) is 0 Å². The van der Waals surface area contributed by atoms with E-state index in [1.807, 2.05) is 0 Å². The van der Waals surface area contributed by atoms with Gasteiger partial charge in [-0.3, -0.25) is 9.59 Å². The maximum absolute atomic E-state index is 10.8. The third-order valence-corrected chi connectivity index (χ3v) is 2.23. The Balaban J connectivity index is 2.61. The molecule has 19 heavy (non-hydrogen) atoms. The largest absolute Gasteiger partial charge is 0.491 e. The third-order valence-electron chi connectivity index (χ3n) is 2.23. The van der Waals surface area contributed by atoms with Crippen LogP contribution < -0.4 is 15.8 Å². The molecule has 7 heteroatoms. The van der Waals surface area contributed by atoms with E-state index < -0.39 is 23.8 Å². The fraction of sp³-hybridized carbons (Fsp3) is 0.250. The standard InChI is InChI=1S/C12H14N2O5/c1-7(15)14-10(12(17)18)6-19-9-4-2-8(3-5-9)11(13)16/h2-5,10H,6H2,1H3,(H2,13,16)(H,14,15)(H,17,18). The Hall–Kier alpha value is -2.57. The molecule has 102 valence electrons. The van der Waals surface area contributed by atoms with Crippen molar-refractivity contribution in [3.05, 3.63) is 29.8 Å². The molecule has 0 fully saturated rings. The van der Waals surface area contributed by atoms with Crippen molar-refractivity contribution in [2.75, 3.05) is 6.61 Å². The predicted molar refractivity (Wildman–Crippen MR) is 65.7 cm³/mol. The molecule has 1 aromatic rings. The number of hydrogen-bond donors (Lipinski definition) is 3. The Morgan fingerprint density at radius 2 is 1.89 bits per heavy atom. The molecule has 0 bridgehead atoms. The van der Waals surface area contributed by atoms with Gasteiger partial charge in [0, 0.05) is 12.5 Å². The fourth-order valence-corrected chi connectivity index (χ4v) is 1.32. The first-order chi connectivity index (χ1) is 8.90. The third kappa shape index (κ3) is 4.66. The molecule has 0 radical (unpaired) electrons. The zero-order valence-corrected chi connectivity index (χ0v) is 10.3. The Morgan fingerprint density at radius 3 is 2.32 bits per heavy atom. The average molecular weight is 266 g/mol. The number of amides is 2. The lowest BCUT2D eigenvalue weighted by molar-refractivity contribution is -0.142. The van der Waals surface area contributed by atoms with Gasteiger partial charge < -0.3 is 20.9 Å². The number of carbonyl (C=O) groups excluding carboxylic acids is 2. The first-order valence-electron chi connectivity index (χ1n) is 5.42. The van der Waals surface area contributed by atoms with Crippen molar-refractivity contribution in [3.63, 3.8) is 0 Å². The number of aliphatic carboxylic acids is 1. The predicted octanol–water partition coefficient (Wildman–Crippen LogP) is -0.246. The highest BCUT2D eigenvalue weighted by Crippen LogP contribution is 2.12. The van der Waals surface area contributed by atoms with Crippen LogP contribution in [0.25, 0.3) is 0 Å². The number of carboxylic acids is 1. The number of primary amides is 1. The van der Waals surface area contributed by atoms with Crippen LogP contribution in [0.1, 0.15) is 17.3 Å². The molecule has 7 nitrogen and oxygen atoms in total. The average Bonchev–Trinajstić information content (AvgIpc) is 2.34. The lowest BCUT2D eigenvalue weighted by atomic mass is 10.2. The molecule has 1 unspecified atom stereocenters. The van der Waals surface area contributed by atoms with Gasteiger partial charge in [0.15, 0.2) is 6.04 Å². The van der Waals surface area contributed by atoms with Gasteiger partial charge in [-0.2, -0.15) is 0 Å². The Morgan fingerprint density at radius 1 is 1.32 bits per heavy atom. The maximum atomic E-state index is 10.8. The SMILES string of the molecule is CC(=O)NC(COc1ccc(C(N)=O)cc1)C(=O)O. The van der Waals surface area contributed by atoms with E-state index in [1.165, 1.54) is 31.2 Å². The summed E-state index contributed by atoms with van der Waals surface area (Å²) in [5, 5.41) is 11.1. The number of ether oxygens (including phenoxy) is 1. The van der Waals surface area contributed by atoms with Gasteiger partial charge in [-0.25, -0.2) is 4.79 Å². The Labute approximate surface area is 109 Å². The number of carboxylic acid groups (broad SMARTS) is 1. The fourth-order valence-electron chi connectivity index (χ4n) is 1.32. The van der Waals surface area contributed by atoms with Crippen molar-refractivity contribution >= 4 is 17.8 Å². The van der Waals surface area contributed by atoms with Crippen LogP contribution in [0.5, 0.6) is 5.75 Å². The minimum atomic E-state index is -1.19. The second-order valence-electron chi connectivity index (χ2n) is 3.79. The summed E-state index contributed by atoms with van der Waals surface area (Å²) < 4.78 is 5.22. The van der Waals surface area contributed by atoms with Crippen LogP contribution in [0.15, 0.2) is 24.3 Å². The molecule has 0 aliphatic heterocycles. The van der Waals surface area contributed by atoms with Gasteiger partial charge in [0.1, 0.15) is 12.4 Å². The zero-order chi connectivity index (χ0) is 14.4. The maximum Gasteiger partial charge on any atom is 0.329 e. The molecule has 1 aromatic carbocycles. The summed E-state index contributed by atoms with van der Waals surface area (Å²) in [7, 11) is 0. The normalized spacial score (nSPS) is 11.4. The summed E-state index contributed by atoms with van der Waals surface area (Å²) in [5.41, 5.74) is 5.40.